The molecule has 1 aromatic carbocycles. The molecule has 0 aliphatic heterocycles. The van der Waals surface area contributed by atoms with Gasteiger partial charge in [0, 0.05) is 13.2 Å². The summed E-state index contributed by atoms with van der Waals surface area (Å²) >= 11 is 0. The topological polar surface area (TPSA) is 58.6 Å². The molecule has 18 heavy (non-hydrogen) atoms. The Hall–Kier alpha value is -1.55. The summed E-state index contributed by atoms with van der Waals surface area (Å²) in [6.45, 7) is 1.94. The van der Waals surface area contributed by atoms with E-state index in [-0.39, 0.29) is 18.1 Å². The minimum atomic E-state index is -0.0457. The second-order valence-electron chi connectivity index (χ2n) is 4.71. The van der Waals surface area contributed by atoms with E-state index in [1.54, 1.807) is 18.2 Å². The summed E-state index contributed by atoms with van der Waals surface area (Å²) < 4.78 is 5.42. The summed E-state index contributed by atoms with van der Waals surface area (Å²) in [6.07, 6.45) is 2.85. The predicted molar refractivity (Wildman–Crippen MR) is 68.4 cm³/mol. The van der Waals surface area contributed by atoms with E-state index in [1.165, 1.54) is 12.8 Å². The van der Waals surface area contributed by atoms with E-state index in [9.17, 15) is 9.90 Å². The number of carbonyl (C=O) groups excluding carboxylic acids is 1. The van der Waals surface area contributed by atoms with Gasteiger partial charge >= 0.3 is 0 Å². The van der Waals surface area contributed by atoms with Gasteiger partial charge in [-0.25, -0.2) is 0 Å². The Morgan fingerprint density at radius 1 is 1.44 bits per heavy atom. The first-order valence-corrected chi connectivity index (χ1v) is 6.36. The van der Waals surface area contributed by atoms with Crippen molar-refractivity contribution >= 4 is 5.91 Å². The number of hydrogen-bond donors (Lipinski definition) is 2. The van der Waals surface area contributed by atoms with Gasteiger partial charge in [-0.3, -0.25) is 4.79 Å². The molecule has 1 saturated carbocycles. The minimum absolute atomic E-state index is 0.0457. The third-order valence-corrected chi connectivity index (χ3v) is 2.89. The van der Waals surface area contributed by atoms with E-state index < -0.39 is 0 Å². The molecule has 1 fully saturated rings. The van der Waals surface area contributed by atoms with E-state index >= 15 is 0 Å². The summed E-state index contributed by atoms with van der Waals surface area (Å²) in [5, 5.41) is 12.1. The largest absolute Gasteiger partial charge is 0.508 e. The molecule has 1 aliphatic carbocycles. The van der Waals surface area contributed by atoms with Gasteiger partial charge in [-0.15, -0.1) is 0 Å². The van der Waals surface area contributed by atoms with Crippen LogP contribution in [0.2, 0.25) is 0 Å². The highest BCUT2D eigenvalue weighted by Crippen LogP contribution is 2.28. The highest BCUT2D eigenvalue weighted by Gasteiger charge is 2.20. The third kappa shape index (κ3) is 4.75. The van der Waals surface area contributed by atoms with Crippen molar-refractivity contribution in [3.63, 3.8) is 0 Å². The molecule has 0 aromatic heterocycles. The summed E-state index contributed by atoms with van der Waals surface area (Å²) in [6, 6.07) is 6.75. The maximum Gasteiger partial charge on any atom is 0.224 e. The van der Waals surface area contributed by atoms with E-state index in [2.05, 4.69) is 5.32 Å². The van der Waals surface area contributed by atoms with Crippen LogP contribution in [0.25, 0.3) is 0 Å². The standard InChI is InChI=1S/C14H19NO3/c16-13-3-1-2-12(8-13)9-14(17)15-6-7-18-10-11-4-5-11/h1-3,8,11,16H,4-7,9-10H2,(H,15,17). The molecule has 2 N–H and O–H groups in total. The fraction of sp³-hybridized carbons (Fsp3) is 0.500. The smallest absolute Gasteiger partial charge is 0.224 e. The third-order valence-electron chi connectivity index (χ3n) is 2.89. The number of hydrogen-bond acceptors (Lipinski definition) is 3. The van der Waals surface area contributed by atoms with Crippen LogP contribution in [0.5, 0.6) is 5.75 Å². The number of ether oxygens (including phenoxy) is 1. The van der Waals surface area contributed by atoms with Gasteiger partial charge in [0.25, 0.3) is 0 Å². The fourth-order valence-electron chi connectivity index (χ4n) is 1.71. The lowest BCUT2D eigenvalue weighted by Crippen LogP contribution is -2.28. The molecule has 1 aliphatic rings. The molecule has 0 heterocycles. The van der Waals surface area contributed by atoms with Crippen molar-refractivity contribution in [1.82, 2.24) is 5.32 Å². The number of benzene rings is 1. The van der Waals surface area contributed by atoms with Crippen molar-refractivity contribution in [3.8, 4) is 5.75 Å². The molecule has 0 atom stereocenters. The number of phenols is 1. The lowest BCUT2D eigenvalue weighted by Gasteiger charge is -2.06. The molecule has 0 unspecified atom stereocenters. The van der Waals surface area contributed by atoms with Crippen LogP contribution in [0, 0.1) is 5.92 Å². The van der Waals surface area contributed by atoms with Crippen molar-refractivity contribution < 1.29 is 14.6 Å². The Bertz CT molecular complexity index is 402. The number of aromatic hydroxyl groups is 1. The monoisotopic (exact) mass is 249 g/mol. The van der Waals surface area contributed by atoms with Gasteiger partial charge in [-0.2, -0.15) is 0 Å². The van der Waals surface area contributed by atoms with Gasteiger partial charge in [0.15, 0.2) is 0 Å². The van der Waals surface area contributed by atoms with Crippen molar-refractivity contribution in [2.45, 2.75) is 19.3 Å². The number of nitrogens with one attached hydrogen (secondary N) is 1. The highest BCUT2D eigenvalue weighted by molar-refractivity contribution is 5.78. The zero-order valence-electron chi connectivity index (χ0n) is 10.4. The van der Waals surface area contributed by atoms with Gasteiger partial charge in [-0.05, 0) is 36.5 Å². The average Bonchev–Trinajstić information content (AvgIpc) is 3.12. The van der Waals surface area contributed by atoms with Crippen LogP contribution < -0.4 is 5.32 Å². The molecule has 0 spiro atoms. The van der Waals surface area contributed by atoms with E-state index in [4.69, 9.17) is 4.74 Å². The van der Waals surface area contributed by atoms with Gasteiger partial charge in [0.2, 0.25) is 5.91 Å². The Labute approximate surface area is 107 Å². The summed E-state index contributed by atoms with van der Waals surface area (Å²) in [5.41, 5.74) is 0.811. The SMILES string of the molecule is O=C(Cc1cccc(O)c1)NCCOCC1CC1. The lowest BCUT2D eigenvalue weighted by molar-refractivity contribution is -0.120. The zero-order chi connectivity index (χ0) is 12.8. The average molecular weight is 249 g/mol. The van der Waals surface area contributed by atoms with Crippen molar-refractivity contribution in [2.75, 3.05) is 19.8 Å². The summed E-state index contributed by atoms with van der Waals surface area (Å²) in [5.74, 6) is 0.900. The van der Waals surface area contributed by atoms with Crippen molar-refractivity contribution in [2.24, 2.45) is 5.92 Å². The van der Waals surface area contributed by atoms with Gasteiger partial charge in [0.1, 0.15) is 5.75 Å². The van der Waals surface area contributed by atoms with Crippen LogP contribution in [-0.4, -0.2) is 30.8 Å². The van der Waals surface area contributed by atoms with E-state index in [0.717, 1.165) is 18.1 Å². The number of rotatable bonds is 7. The molecular weight excluding hydrogens is 230 g/mol. The lowest BCUT2D eigenvalue weighted by atomic mass is 10.1. The molecule has 2 rings (SSSR count). The number of amides is 1. The Kier molecular flexibility index (Phi) is 4.59. The van der Waals surface area contributed by atoms with Crippen LogP contribution in [0.15, 0.2) is 24.3 Å². The molecular formula is C14H19NO3. The van der Waals surface area contributed by atoms with Gasteiger partial charge in [-0.1, -0.05) is 12.1 Å². The van der Waals surface area contributed by atoms with E-state index in [0.29, 0.717) is 13.2 Å². The molecule has 0 saturated heterocycles. The molecule has 0 radical (unpaired) electrons. The Balaban J connectivity index is 1.59. The first-order valence-electron chi connectivity index (χ1n) is 6.36. The van der Waals surface area contributed by atoms with Crippen LogP contribution in [0.1, 0.15) is 18.4 Å². The van der Waals surface area contributed by atoms with Crippen LogP contribution in [0.3, 0.4) is 0 Å². The minimum Gasteiger partial charge on any atom is -0.508 e. The Morgan fingerprint density at radius 2 is 2.28 bits per heavy atom. The highest BCUT2D eigenvalue weighted by atomic mass is 16.5. The van der Waals surface area contributed by atoms with Crippen LogP contribution >= 0.6 is 0 Å². The van der Waals surface area contributed by atoms with Gasteiger partial charge < -0.3 is 15.2 Å². The summed E-state index contributed by atoms with van der Waals surface area (Å²) in [4.78, 5) is 11.6. The Morgan fingerprint density at radius 3 is 3.00 bits per heavy atom. The predicted octanol–water partition coefficient (Wildman–Crippen LogP) is 1.48. The zero-order valence-corrected chi connectivity index (χ0v) is 10.4. The first kappa shape index (κ1) is 12.9. The molecule has 1 amide bonds. The number of phenolic OH excluding ortho intramolecular Hbond substituents is 1. The van der Waals surface area contributed by atoms with Crippen LogP contribution in [-0.2, 0) is 16.0 Å². The molecule has 4 nitrogen and oxygen atoms in total. The maximum atomic E-state index is 11.6. The summed E-state index contributed by atoms with van der Waals surface area (Å²) in [7, 11) is 0. The molecule has 0 bridgehead atoms. The normalized spacial score (nSPS) is 14.4. The van der Waals surface area contributed by atoms with E-state index in [1.807, 2.05) is 6.07 Å². The van der Waals surface area contributed by atoms with Crippen molar-refractivity contribution in [3.05, 3.63) is 29.8 Å². The quantitative estimate of drug-likeness (QED) is 0.720. The number of carbonyl (C=O) groups is 1. The molecule has 98 valence electrons. The van der Waals surface area contributed by atoms with Gasteiger partial charge in [0.05, 0.1) is 13.0 Å². The first-order chi connectivity index (χ1) is 8.74. The van der Waals surface area contributed by atoms with Crippen molar-refractivity contribution in [1.29, 1.82) is 0 Å². The second-order valence-corrected chi connectivity index (χ2v) is 4.71. The second kappa shape index (κ2) is 6.40. The fourth-order valence-corrected chi connectivity index (χ4v) is 1.71. The van der Waals surface area contributed by atoms with Crippen LogP contribution in [0.4, 0.5) is 0 Å². The maximum absolute atomic E-state index is 11.6. The molecule has 1 aromatic rings. The molecule has 4 heteroatoms.